The first-order chi connectivity index (χ1) is 23.8. The second-order valence-corrected chi connectivity index (χ2v) is 12.9. The van der Waals surface area contributed by atoms with Crippen LogP contribution in [0.2, 0.25) is 0 Å². The maximum Gasteiger partial charge on any atom is 0.167 e. The number of nitrogens with zero attached hydrogens (tertiary/aromatic N) is 4. The van der Waals surface area contributed by atoms with Crippen LogP contribution in [-0.2, 0) is 0 Å². The Morgan fingerprint density at radius 3 is 2.17 bits per heavy atom. The molecule has 4 heterocycles. The van der Waals surface area contributed by atoms with Gasteiger partial charge in [0.1, 0.15) is 11.2 Å². The Kier molecular flexibility index (Phi) is 5.98. The van der Waals surface area contributed by atoms with Gasteiger partial charge in [-0.05, 0) is 53.6 Å². The van der Waals surface area contributed by atoms with E-state index in [0.29, 0.717) is 17.5 Å². The van der Waals surface area contributed by atoms with Crippen molar-refractivity contribution in [2.45, 2.75) is 0 Å². The van der Waals surface area contributed by atoms with Gasteiger partial charge in [-0.1, -0.05) is 97.1 Å². The van der Waals surface area contributed by atoms with E-state index in [1.54, 1.807) is 11.3 Å². The highest BCUT2D eigenvalue weighted by Gasteiger charge is 2.20. The molecule has 48 heavy (non-hydrogen) atoms. The molecule has 0 aliphatic carbocycles. The molecule has 0 radical (unpaired) electrons. The molecule has 0 atom stereocenters. The van der Waals surface area contributed by atoms with Crippen LogP contribution in [0.15, 0.2) is 150 Å². The van der Waals surface area contributed by atoms with Crippen molar-refractivity contribution in [1.29, 1.82) is 0 Å². The van der Waals surface area contributed by atoms with E-state index >= 15 is 0 Å². The average Bonchev–Trinajstić information content (AvgIpc) is 3.73. The number of thiophene rings is 1. The second kappa shape index (κ2) is 10.7. The third kappa shape index (κ3) is 4.31. The quantitative estimate of drug-likeness (QED) is 0.193. The summed E-state index contributed by atoms with van der Waals surface area (Å²) in [7, 11) is 0. The molecule has 0 spiro atoms. The van der Waals surface area contributed by atoms with Crippen molar-refractivity contribution in [1.82, 2.24) is 19.9 Å². The average molecular weight is 633 g/mol. The van der Waals surface area contributed by atoms with Crippen LogP contribution in [0, 0.1) is 0 Å². The van der Waals surface area contributed by atoms with Crippen molar-refractivity contribution in [2.75, 3.05) is 0 Å². The molecule has 0 N–H and O–H groups in total. The van der Waals surface area contributed by atoms with Crippen molar-refractivity contribution in [2.24, 2.45) is 0 Å². The van der Waals surface area contributed by atoms with Crippen LogP contribution in [0.1, 0.15) is 0 Å². The molecule has 0 bridgehead atoms. The van der Waals surface area contributed by atoms with Gasteiger partial charge in [0.15, 0.2) is 17.5 Å². The topological polar surface area (TPSA) is 64.7 Å². The van der Waals surface area contributed by atoms with Crippen LogP contribution in [0.4, 0.5) is 0 Å². The van der Waals surface area contributed by atoms with E-state index in [2.05, 4.69) is 77.8 Å². The third-order valence-corrected chi connectivity index (χ3v) is 10.1. The van der Waals surface area contributed by atoms with Crippen molar-refractivity contribution in [3.63, 3.8) is 0 Å². The lowest BCUT2D eigenvalue weighted by Crippen LogP contribution is -2.00. The molecule has 224 valence electrons. The third-order valence-electron chi connectivity index (χ3n) is 8.99. The summed E-state index contributed by atoms with van der Waals surface area (Å²) in [5.41, 5.74) is 7.58. The first kappa shape index (κ1) is 26.9. The molecule has 6 heteroatoms. The van der Waals surface area contributed by atoms with Gasteiger partial charge in [0.05, 0.1) is 11.1 Å². The highest BCUT2D eigenvalue weighted by molar-refractivity contribution is 7.26. The van der Waals surface area contributed by atoms with Gasteiger partial charge in [-0.25, -0.2) is 15.0 Å². The minimum absolute atomic E-state index is 0.574. The normalized spacial score (nSPS) is 11.8. The lowest BCUT2D eigenvalue weighted by molar-refractivity contribution is 0.669. The molecule has 0 saturated heterocycles. The summed E-state index contributed by atoms with van der Waals surface area (Å²) >= 11 is 1.78. The van der Waals surface area contributed by atoms with Crippen LogP contribution in [-0.4, -0.2) is 19.9 Å². The Morgan fingerprint density at radius 2 is 1.23 bits per heavy atom. The molecule has 0 amide bonds. The zero-order valence-corrected chi connectivity index (χ0v) is 26.3. The Labute approximate surface area is 278 Å². The number of para-hydroxylation sites is 2. The van der Waals surface area contributed by atoms with Crippen molar-refractivity contribution >= 4 is 64.4 Å². The SMILES string of the molecule is c1ccc(-c2nc(-c3cccc4c3oc3ccccc34)nc(-c3cccc4sc5ccc(-c6ccc7cccnc7c6)cc5c34)n2)cc1. The zero-order chi connectivity index (χ0) is 31.6. The van der Waals surface area contributed by atoms with E-state index < -0.39 is 0 Å². The van der Waals surface area contributed by atoms with Gasteiger partial charge in [-0.2, -0.15) is 0 Å². The number of aromatic nitrogens is 4. The van der Waals surface area contributed by atoms with E-state index in [4.69, 9.17) is 19.4 Å². The summed E-state index contributed by atoms with van der Waals surface area (Å²) in [4.78, 5) is 19.9. The molecule has 0 fully saturated rings. The predicted molar refractivity (Wildman–Crippen MR) is 197 cm³/mol. The minimum Gasteiger partial charge on any atom is -0.455 e. The van der Waals surface area contributed by atoms with Crippen molar-refractivity contribution < 1.29 is 4.42 Å². The van der Waals surface area contributed by atoms with E-state index in [1.165, 1.54) is 14.8 Å². The Bertz CT molecular complexity index is 2860. The summed E-state index contributed by atoms with van der Waals surface area (Å²) in [6.45, 7) is 0. The lowest BCUT2D eigenvalue weighted by atomic mass is 9.99. The first-order valence-corrected chi connectivity index (χ1v) is 16.6. The molecular formula is C42H24N4OS. The molecular weight excluding hydrogens is 609 g/mol. The maximum atomic E-state index is 6.42. The molecule has 0 aliphatic rings. The van der Waals surface area contributed by atoms with Gasteiger partial charge >= 0.3 is 0 Å². The standard InChI is InChI=1S/C42H24N4OS/c1-2-9-26(10-3-1)40-44-41(46-42(45-40)32-15-6-13-30-29-12-4-5-16-35(29)47-39(30)32)31-14-7-17-37-38(31)33-23-27(20-21-36(33)48-37)28-19-18-25-11-8-22-43-34(25)24-28/h1-24H. The van der Waals surface area contributed by atoms with Crippen LogP contribution in [0.25, 0.3) is 98.3 Å². The summed E-state index contributed by atoms with van der Waals surface area (Å²) in [6, 6.07) is 48.0. The van der Waals surface area contributed by atoms with E-state index in [9.17, 15) is 0 Å². The second-order valence-electron chi connectivity index (χ2n) is 11.9. The smallest absolute Gasteiger partial charge is 0.167 e. The Balaban J connectivity index is 1.21. The molecule has 0 saturated carbocycles. The molecule has 5 nitrogen and oxygen atoms in total. The van der Waals surface area contributed by atoms with E-state index in [0.717, 1.165) is 66.0 Å². The molecule has 4 aromatic heterocycles. The fourth-order valence-corrected chi connectivity index (χ4v) is 7.81. The fraction of sp³-hybridized carbons (Fsp3) is 0. The van der Waals surface area contributed by atoms with Crippen molar-refractivity contribution in [3.8, 4) is 45.3 Å². The summed E-state index contributed by atoms with van der Waals surface area (Å²) in [6.07, 6.45) is 1.84. The number of hydrogen-bond acceptors (Lipinski definition) is 6. The molecule has 6 aromatic carbocycles. The Hall–Kier alpha value is -6.24. The summed E-state index contributed by atoms with van der Waals surface area (Å²) in [5.74, 6) is 1.81. The van der Waals surface area contributed by atoms with Crippen LogP contribution in [0.5, 0.6) is 0 Å². The van der Waals surface area contributed by atoms with Gasteiger partial charge in [-0.15, -0.1) is 11.3 Å². The van der Waals surface area contributed by atoms with E-state index in [-0.39, 0.29) is 0 Å². The molecule has 10 aromatic rings. The van der Waals surface area contributed by atoms with Gasteiger partial charge in [0, 0.05) is 53.7 Å². The highest BCUT2D eigenvalue weighted by Crippen LogP contribution is 2.42. The maximum absolute atomic E-state index is 6.42. The number of fused-ring (bicyclic) bond motifs is 7. The zero-order valence-electron chi connectivity index (χ0n) is 25.5. The highest BCUT2D eigenvalue weighted by atomic mass is 32.1. The minimum atomic E-state index is 0.574. The molecule has 10 rings (SSSR count). The molecule has 0 unspecified atom stereocenters. The predicted octanol–water partition coefficient (Wildman–Crippen LogP) is 11.4. The number of benzene rings is 6. The number of pyridine rings is 1. The van der Waals surface area contributed by atoms with Crippen LogP contribution >= 0.6 is 11.3 Å². The van der Waals surface area contributed by atoms with E-state index in [1.807, 2.05) is 72.9 Å². The molecule has 0 aliphatic heterocycles. The largest absolute Gasteiger partial charge is 0.455 e. The number of furan rings is 1. The van der Waals surface area contributed by atoms with Crippen LogP contribution in [0.3, 0.4) is 0 Å². The monoisotopic (exact) mass is 632 g/mol. The van der Waals surface area contributed by atoms with Gasteiger partial charge in [0.25, 0.3) is 0 Å². The van der Waals surface area contributed by atoms with Gasteiger partial charge in [0.2, 0.25) is 0 Å². The first-order valence-electron chi connectivity index (χ1n) is 15.8. The van der Waals surface area contributed by atoms with Crippen molar-refractivity contribution in [3.05, 3.63) is 146 Å². The Morgan fingerprint density at radius 1 is 0.479 bits per heavy atom. The summed E-state index contributed by atoms with van der Waals surface area (Å²) in [5, 5.41) is 5.54. The van der Waals surface area contributed by atoms with Gasteiger partial charge in [-0.3, -0.25) is 4.98 Å². The fourth-order valence-electron chi connectivity index (χ4n) is 6.70. The summed E-state index contributed by atoms with van der Waals surface area (Å²) < 4.78 is 8.82. The number of hydrogen-bond donors (Lipinski definition) is 0. The van der Waals surface area contributed by atoms with Crippen LogP contribution < -0.4 is 0 Å². The van der Waals surface area contributed by atoms with Gasteiger partial charge < -0.3 is 4.42 Å². The lowest BCUT2D eigenvalue weighted by Gasteiger charge is -2.10. The number of rotatable bonds is 4.